The monoisotopic (exact) mass is 301 g/mol. The number of carboxylic acids is 1. The molecule has 1 aliphatic rings. The molecule has 6 heteroatoms. The van der Waals surface area contributed by atoms with Gasteiger partial charge in [0.1, 0.15) is 0 Å². The summed E-state index contributed by atoms with van der Waals surface area (Å²) in [5.41, 5.74) is 0.837. The fourth-order valence-corrected chi connectivity index (χ4v) is 2.49. The Kier molecular flexibility index (Phi) is 4.88. The molecule has 0 unspecified atom stereocenters. The van der Waals surface area contributed by atoms with E-state index >= 15 is 0 Å². The number of carboxylic acid groups (broad SMARTS) is 1. The van der Waals surface area contributed by atoms with E-state index in [1.165, 1.54) is 17.0 Å². The SMILES string of the molecule is O=C(O)c1ccc(CN(CC2CCC2)CC(F)(F)F)cc1. The van der Waals surface area contributed by atoms with Crippen LogP contribution in [0.3, 0.4) is 0 Å². The fraction of sp³-hybridized carbons (Fsp3) is 0.533. The lowest BCUT2D eigenvalue weighted by Gasteiger charge is -2.32. The largest absolute Gasteiger partial charge is 0.478 e. The number of nitrogens with zero attached hydrogens (tertiary/aromatic N) is 1. The maximum Gasteiger partial charge on any atom is 0.401 e. The van der Waals surface area contributed by atoms with Crippen LogP contribution in [0.4, 0.5) is 13.2 Å². The molecule has 116 valence electrons. The third kappa shape index (κ3) is 5.04. The summed E-state index contributed by atoms with van der Waals surface area (Å²) in [4.78, 5) is 12.2. The third-order valence-corrected chi connectivity index (χ3v) is 3.75. The Morgan fingerprint density at radius 2 is 1.86 bits per heavy atom. The second-order valence-corrected chi connectivity index (χ2v) is 5.58. The number of alkyl halides is 3. The van der Waals surface area contributed by atoms with E-state index in [1.54, 1.807) is 12.1 Å². The number of carbonyl (C=O) groups is 1. The number of aromatic carboxylic acids is 1. The Labute approximate surface area is 121 Å². The highest BCUT2D eigenvalue weighted by Gasteiger charge is 2.32. The minimum atomic E-state index is -4.22. The van der Waals surface area contributed by atoms with Crippen molar-refractivity contribution in [2.45, 2.75) is 32.0 Å². The highest BCUT2D eigenvalue weighted by Crippen LogP contribution is 2.29. The quantitative estimate of drug-likeness (QED) is 0.873. The molecule has 2 rings (SSSR count). The molecular formula is C15H18F3NO2. The standard InChI is InChI=1S/C15H18F3NO2/c16-15(17,18)10-19(8-11-2-1-3-11)9-12-4-6-13(7-5-12)14(20)21/h4-7,11H,1-3,8-10H2,(H,20,21). The van der Waals surface area contributed by atoms with E-state index in [0.29, 0.717) is 18.0 Å². The molecule has 0 bridgehead atoms. The van der Waals surface area contributed by atoms with Gasteiger partial charge in [0.2, 0.25) is 0 Å². The molecule has 1 N–H and O–H groups in total. The van der Waals surface area contributed by atoms with Gasteiger partial charge in [0.25, 0.3) is 0 Å². The molecule has 0 atom stereocenters. The molecule has 1 aromatic carbocycles. The molecule has 0 radical (unpaired) electrons. The van der Waals surface area contributed by atoms with Gasteiger partial charge in [-0.15, -0.1) is 0 Å². The van der Waals surface area contributed by atoms with Crippen molar-refractivity contribution < 1.29 is 23.1 Å². The fourth-order valence-electron chi connectivity index (χ4n) is 2.49. The van der Waals surface area contributed by atoms with Gasteiger partial charge in [-0.05, 0) is 36.5 Å². The summed E-state index contributed by atoms with van der Waals surface area (Å²) in [6, 6.07) is 6.00. The second kappa shape index (κ2) is 6.47. The van der Waals surface area contributed by atoms with Crippen molar-refractivity contribution in [3.63, 3.8) is 0 Å². The number of benzene rings is 1. The molecule has 0 saturated heterocycles. The molecule has 1 saturated carbocycles. The zero-order chi connectivity index (χ0) is 15.5. The van der Waals surface area contributed by atoms with Gasteiger partial charge in [-0.25, -0.2) is 4.79 Å². The Morgan fingerprint density at radius 1 is 1.24 bits per heavy atom. The van der Waals surface area contributed by atoms with Gasteiger partial charge < -0.3 is 5.11 Å². The van der Waals surface area contributed by atoms with E-state index in [4.69, 9.17) is 5.11 Å². The first kappa shape index (κ1) is 15.8. The van der Waals surface area contributed by atoms with E-state index in [-0.39, 0.29) is 12.1 Å². The van der Waals surface area contributed by atoms with Crippen LogP contribution in [-0.2, 0) is 6.54 Å². The van der Waals surface area contributed by atoms with Gasteiger partial charge in [0, 0.05) is 13.1 Å². The Morgan fingerprint density at radius 3 is 2.29 bits per heavy atom. The van der Waals surface area contributed by atoms with Gasteiger partial charge >= 0.3 is 12.1 Å². The average Bonchev–Trinajstić information content (AvgIpc) is 2.32. The van der Waals surface area contributed by atoms with Crippen LogP contribution in [0.5, 0.6) is 0 Å². The molecule has 0 spiro atoms. The predicted octanol–water partition coefficient (Wildman–Crippen LogP) is 3.55. The van der Waals surface area contributed by atoms with Crippen molar-refractivity contribution >= 4 is 5.97 Å². The van der Waals surface area contributed by atoms with E-state index in [0.717, 1.165) is 19.3 Å². The lowest BCUT2D eigenvalue weighted by molar-refractivity contribution is -0.149. The van der Waals surface area contributed by atoms with Gasteiger partial charge in [-0.1, -0.05) is 18.6 Å². The van der Waals surface area contributed by atoms with Gasteiger partial charge in [-0.3, -0.25) is 4.90 Å². The van der Waals surface area contributed by atoms with E-state index in [9.17, 15) is 18.0 Å². The Balaban J connectivity index is 2.00. The van der Waals surface area contributed by atoms with Crippen LogP contribution in [-0.4, -0.2) is 35.2 Å². The van der Waals surface area contributed by atoms with Crippen LogP contribution < -0.4 is 0 Å². The van der Waals surface area contributed by atoms with Gasteiger partial charge in [0.15, 0.2) is 0 Å². The summed E-state index contributed by atoms with van der Waals surface area (Å²) in [6.07, 6.45) is -1.14. The molecule has 21 heavy (non-hydrogen) atoms. The maximum absolute atomic E-state index is 12.6. The minimum absolute atomic E-state index is 0.139. The van der Waals surface area contributed by atoms with Crippen molar-refractivity contribution in [1.29, 1.82) is 0 Å². The zero-order valence-corrected chi connectivity index (χ0v) is 11.6. The smallest absolute Gasteiger partial charge is 0.401 e. The summed E-state index contributed by atoms with van der Waals surface area (Å²) < 4.78 is 37.9. The highest BCUT2D eigenvalue weighted by molar-refractivity contribution is 5.87. The Hall–Kier alpha value is -1.56. The Bertz CT molecular complexity index is 481. The summed E-state index contributed by atoms with van der Waals surface area (Å²) >= 11 is 0. The molecule has 1 aromatic rings. The van der Waals surface area contributed by atoms with E-state index < -0.39 is 18.7 Å². The maximum atomic E-state index is 12.6. The van der Waals surface area contributed by atoms with Crippen LogP contribution in [0.2, 0.25) is 0 Å². The molecule has 3 nitrogen and oxygen atoms in total. The molecule has 0 heterocycles. The van der Waals surface area contributed by atoms with Crippen LogP contribution >= 0.6 is 0 Å². The molecular weight excluding hydrogens is 283 g/mol. The van der Waals surface area contributed by atoms with E-state index in [1.807, 2.05) is 0 Å². The lowest BCUT2D eigenvalue weighted by atomic mass is 9.85. The summed E-state index contributed by atoms with van der Waals surface area (Å²) in [5.74, 6) is -0.686. The van der Waals surface area contributed by atoms with Gasteiger partial charge in [0.05, 0.1) is 12.1 Å². The lowest BCUT2D eigenvalue weighted by Crippen LogP contribution is -2.38. The van der Waals surface area contributed by atoms with Crippen LogP contribution in [0.25, 0.3) is 0 Å². The minimum Gasteiger partial charge on any atom is -0.478 e. The molecule has 1 fully saturated rings. The van der Waals surface area contributed by atoms with Crippen LogP contribution in [0, 0.1) is 5.92 Å². The van der Waals surface area contributed by atoms with Crippen molar-refractivity contribution in [3.8, 4) is 0 Å². The molecule has 0 amide bonds. The van der Waals surface area contributed by atoms with Crippen LogP contribution in [0.1, 0.15) is 35.2 Å². The highest BCUT2D eigenvalue weighted by atomic mass is 19.4. The summed E-state index contributed by atoms with van der Waals surface area (Å²) in [7, 11) is 0. The van der Waals surface area contributed by atoms with E-state index in [2.05, 4.69) is 0 Å². The first-order valence-corrected chi connectivity index (χ1v) is 6.95. The van der Waals surface area contributed by atoms with Gasteiger partial charge in [-0.2, -0.15) is 13.2 Å². The number of hydrogen-bond donors (Lipinski definition) is 1. The predicted molar refractivity (Wildman–Crippen MR) is 72.1 cm³/mol. The molecule has 1 aliphatic carbocycles. The number of halogens is 3. The number of hydrogen-bond acceptors (Lipinski definition) is 2. The first-order valence-electron chi connectivity index (χ1n) is 6.95. The zero-order valence-electron chi connectivity index (χ0n) is 11.6. The van der Waals surface area contributed by atoms with Crippen molar-refractivity contribution in [3.05, 3.63) is 35.4 Å². The first-order chi connectivity index (χ1) is 9.83. The van der Waals surface area contributed by atoms with Crippen LogP contribution in [0.15, 0.2) is 24.3 Å². The van der Waals surface area contributed by atoms with Crippen molar-refractivity contribution in [2.75, 3.05) is 13.1 Å². The second-order valence-electron chi connectivity index (χ2n) is 5.58. The topological polar surface area (TPSA) is 40.5 Å². The van der Waals surface area contributed by atoms with Crippen molar-refractivity contribution in [2.24, 2.45) is 5.92 Å². The number of rotatable bonds is 6. The van der Waals surface area contributed by atoms with Crippen molar-refractivity contribution in [1.82, 2.24) is 4.90 Å². The summed E-state index contributed by atoms with van der Waals surface area (Å²) in [5, 5.41) is 8.81. The normalized spacial score (nSPS) is 16.0. The third-order valence-electron chi connectivity index (χ3n) is 3.75. The molecule has 0 aliphatic heterocycles. The molecule has 0 aromatic heterocycles. The summed E-state index contributed by atoms with van der Waals surface area (Å²) in [6.45, 7) is -0.291. The average molecular weight is 301 g/mol.